The zero-order chi connectivity index (χ0) is 18.1. The van der Waals surface area contributed by atoms with Crippen LogP contribution in [0.5, 0.6) is 0 Å². The van der Waals surface area contributed by atoms with Crippen LogP contribution in [0.25, 0.3) is 0 Å². The standard InChI is InChI=1S/C18H22FN3O3/c1-17(16(23)25-2)8-7-14(9-13-3-5-15(19)6-4-13)18(17,24)10-22-12-20-11-21-22/h3-6,11-12,14,24H,7-10H2,1-2H3/t14-,17+,18-/m1/s1. The fraction of sp³-hybridized carbons (Fsp3) is 0.500. The number of hydrogen-bond acceptors (Lipinski definition) is 5. The molecule has 3 rings (SSSR count). The van der Waals surface area contributed by atoms with Gasteiger partial charge < -0.3 is 9.84 Å². The Labute approximate surface area is 145 Å². The van der Waals surface area contributed by atoms with E-state index in [4.69, 9.17) is 4.74 Å². The van der Waals surface area contributed by atoms with E-state index in [1.807, 2.05) is 0 Å². The molecule has 6 nitrogen and oxygen atoms in total. The lowest BCUT2D eigenvalue weighted by Crippen LogP contribution is -2.54. The third-order valence-corrected chi connectivity index (χ3v) is 5.52. The van der Waals surface area contributed by atoms with Crippen molar-refractivity contribution in [1.29, 1.82) is 0 Å². The number of rotatable bonds is 5. The van der Waals surface area contributed by atoms with Gasteiger partial charge in [0.25, 0.3) is 0 Å². The number of esters is 1. The Morgan fingerprint density at radius 3 is 2.76 bits per heavy atom. The summed E-state index contributed by atoms with van der Waals surface area (Å²) in [4.78, 5) is 16.4. The van der Waals surface area contributed by atoms with Crippen molar-refractivity contribution in [3.05, 3.63) is 48.3 Å². The average Bonchev–Trinajstić information content (AvgIpc) is 3.19. The highest BCUT2D eigenvalue weighted by Gasteiger charge is 2.61. The molecule has 0 spiro atoms. The summed E-state index contributed by atoms with van der Waals surface area (Å²) in [6.45, 7) is 1.88. The first kappa shape index (κ1) is 17.5. The van der Waals surface area contributed by atoms with Crippen molar-refractivity contribution in [3.63, 3.8) is 0 Å². The number of methoxy groups -OCH3 is 1. The minimum Gasteiger partial charge on any atom is -0.469 e. The van der Waals surface area contributed by atoms with Crippen molar-refractivity contribution < 1.29 is 19.0 Å². The van der Waals surface area contributed by atoms with Crippen molar-refractivity contribution in [3.8, 4) is 0 Å². The Kier molecular flexibility index (Phi) is 4.60. The van der Waals surface area contributed by atoms with E-state index < -0.39 is 17.0 Å². The Hall–Kier alpha value is -2.28. The Morgan fingerprint density at radius 2 is 2.16 bits per heavy atom. The lowest BCUT2D eigenvalue weighted by Gasteiger charge is -2.40. The summed E-state index contributed by atoms with van der Waals surface area (Å²) in [6, 6.07) is 6.22. The highest BCUT2D eigenvalue weighted by molar-refractivity contribution is 5.78. The zero-order valence-corrected chi connectivity index (χ0v) is 14.4. The number of carbonyl (C=O) groups excluding carboxylic acids is 1. The summed E-state index contributed by atoms with van der Waals surface area (Å²) >= 11 is 0. The molecule has 7 heteroatoms. The number of hydrogen-bond donors (Lipinski definition) is 1. The van der Waals surface area contributed by atoms with Gasteiger partial charge in [-0.05, 0) is 49.8 Å². The lowest BCUT2D eigenvalue weighted by atomic mass is 9.71. The van der Waals surface area contributed by atoms with Gasteiger partial charge in [0.05, 0.1) is 19.1 Å². The fourth-order valence-electron chi connectivity index (χ4n) is 3.91. The van der Waals surface area contributed by atoms with Crippen LogP contribution in [-0.2, 0) is 22.5 Å². The first-order valence-electron chi connectivity index (χ1n) is 8.27. The van der Waals surface area contributed by atoms with Crippen LogP contribution < -0.4 is 0 Å². The van der Waals surface area contributed by atoms with Crippen molar-refractivity contribution in [2.24, 2.45) is 11.3 Å². The van der Waals surface area contributed by atoms with Crippen molar-refractivity contribution in [1.82, 2.24) is 14.8 Å². The van der Waals surface area contributed by atoms with Gasteiger partial charge in [0.15, 0.2) is 0 Å². The van der Waals surface area contributed by atoms with Crippen LogP contribution in [0.15, 0.2) is 36.9 Å². The second-order valence-corrected chi connectivity index (χ2v) is 6.91. The van der Waals surface area contributed by atoms with Crippen molar-refractivity contribution in [2.75, 3.05) is 7.11 Å². The molecule has 1 fully saturated rings. The van der Waals surface area contributed by atoms with Gasteiger partial charge in [-0.1, -0.05) is 12.1 Å². The summed E-state index contributed by atoms with van der Waals surface area (Å²) in [5.74, 6) is -0.921. The minimum atomic E-state index is -1.35. The van der Waals surface area contributed by atoms with Crippen LogP contribution >= 0.6 is 0 Å². The van der Waals surface area contributed by atoms with Gasteiger partial charge in [-0.3, -0.25) is 9.48 Å². The summed E-state index contributed by atoms with van der Waals surface area (Å²) < 4.78 is 19.7. The van der Waals surface area contributed by atoms with Gasteiger partial charge in [0.2, 0.25) is 0 Å². The topological polar surface area (TPSA) is 77.2 Å². The number of benzene rings is 1. The van der Waals surface area contributed by atoms with E-state index in [9.17, 15) is 14.3 Å². The van der Waals surface area contributed by atoms with Crippen LogP contribution in [0.1, 0.15) is 25.3 Å². The van der Waals surface area contributed by atoms with Gasteiger partial charge in [0, 0.05) is 0 Å². The number of nitrogens with zero attached hydrogens (tertiary/aromatic N) is 3. The number of aliphatic hydroxyl groups is 1. The minimum absolute atomic E-state index is 0.143. The van der Waals surface area contributed by atoms with Gasteiger partial charge >= 0.3 is 5.97 Å². The van der Waals surface area contributed by atoms with Crippen LogP contribution in [0, 0.1) is 17.2 Å². The van der Waals surface area contributed by atoms with E-state index in [1.54, 1.807) is 19.1 Å². The van der Waals surface area contributed by atoms with Crippen LogP contribution in [-0.4, -0.2) is 38.6 Å². The van der Waals surface area contributed by atoms with E-state index >= 15 is 0 Å². The Bertz CT molecular complexity index is 735. The maximum Gasteiger partial charge on any atom is 0.314 e. The number of halogens is 1. The smallest absolute Gasteiger partial charge is 0.314 e. The van der Waals surface area contributed by atoms with E-state index in [2.05, 4.69) is 10.1 Å². The van der Waals surface area contributed by atoms with Crippen molar-refractivity contribution >= 4 is 5.97 Å². The predicted molar refractivity (Wildman–Crippen MR) is 87.9 cm³/mol. The van der Waals surface area contributed by atoms with E-state index in [0.717, 1.165) is 5.56 Å². The molecule has 1 aliphatic carbocycles. The third-order valence-electron chi connectivity index (χ3n) is 5.52. The van der Waals surface area contributed by atoms with Gasteiger partial charge in [-0.2, -0.15) is 5.10 Å². The largest absolute Gasteiger partial charge is 0.469 e. The molecule has 1 heterocycles. The lowest BCUT2D eigenvalue weighted by molar-refractivity contribution is -0.173. The van der Waals surface area contributed by atoms with E-state index in [0.29, 0.717) is 19.3 Å². The highest BCUT2D eigenvalue weighted by Crippen LogP contribution is 2.52. The molecule has 0 amide bonds. The molecule has 0 unspecified atom stereocenters. The molecule has 2 aromatic rings. The molecular weight excluding hydrogens is 325 g/mol. The normalized spacial score (nSPS) is 28.9. The molecule has 25 heavy (non-hydrogen) atoms. The molecule has 134 valence electrons. The zero-order valence-electron chi connectivity index (χ0n) is 14.4. The Morgan fingerprint density at radius 1 is 1.44 bits per heavy atom. The molecule has 1 aromatic carbocycles. The fourth-order valence-corrected chi connectivity index (χ4v) is 3.91. The molecule has 1 saturated carbocycles. The average molecular weight is 347 g/mol. The van der Waals surface area contributed by atoms with Gasteiger partial charge in [-0.15, -0.1) is 0 Å². The highest BCUT2D eigenvalue weighted by atomic mass is 19.1. The second-order valence-electron chi connectivity index (χ2n) is 6.91. The maximum atomic E-state index is 13.1. The van der Waals surface area contributed by atoms with Crippen molar-refractivity contribution in [2.45, 2.75) is 38.3 Å². The molecule has 0 aliphatic heterocycles. The molecule has 1 aliphatic rings. The van der Waals surface area contributed by atoms with Gasteiger partial charge in [-0.25, -0.2) is 9.37 Å². The van der Waals surface area contributed by atoms with Crippen LogP contribution in [0.4, 0.5) is 4.39 Å². The van der Waals surface area contributed by atoms with Gasteiger partial charge in [0.1, 0.15) is 24.1 Å². The molecule has 0 radical (unpaired) electrons. The summed E-state index contributed by atoms with van der Waals surface area (Å²) in [5.41, 5.74) is -1.47. The summed E-state index contributed by atoms with van der Waals surface area (Å²) in [7, 11) is 1.33. The first-order chi connectivity index (χ1) is 11.9. The molecule has 1 N–H and O–H groups in total. The maximum absolute atomic E-state index is 13.1. The third kappa shape index (κ3) is 3.04. The first-order valence-corrected chi connectivity index (χ1v) is 8.27. The summed E-state index contributed by atoms with van der Waals surface area (Å²) in [6.07, 6.45) is 4.62. The molecule has 0 saturated heterocycles. The predicted octanol–water partition coefficient (Wildman–Crippen LogP) is 1.98. The number of carbonyl (C=O) groups is 1. The molecule has 3 atom stereocenters. The van der Waals surface area contributed by atoms with E-state index in [1.165, 1.54) is 36.6 Å². The number of ether oxygens (including phenoxy) is 1. The molecular formula is C18H22FN3O3. The number of aromatic nitrogens is 3. The monoisotopic (exact) mass is 347 g/mol. The Balaban J connectivity index is 1.93. The van der Waals surface area contributed by atoms with Crippen LogP contribution in [0.2, 0.25) is 0 Å². The molecule has 0 bridgehead atoms. The van der Waals surface area contributed by atoms with Crippen LogP contribution in [0.3, 0.4) is 0 Å². The molecule has 1 aromatic heterocycles. The SMILES string of the molecule is COC(=O)[C@]1(C)CC[C@H](Cc2ccc(F)cc2)[C@]1(O)Cn1cncn1. The van der Waals surface area contributed by atoms with E-state index in [-0.39, 0.29) is 18.3 Å². The quantitative estimate of drug-likeness (QED) is 0.837. The summed E-state index contributed by atoms with van der Waals surface area (Å²) in [5, 5.41) is 15.7. The second kappa shape index (κ2) is 6.55.